The normalized spacial score (nSPS) is 10.1. The number of benzene rings is 1. The average molecular weight is 288 g/mol. The first-order chi connectivity index (χ1) is 9.66. The largest absolute Gasteiger partial charge is 0.350 e. The third-order valence-corrected chi connectivity index (χ3v) is 3.76. The molecule has 0 aliphatic carbocycles. The first-order valence-electron chi connectivity index (χ1n) is 6.29. The summed E-state index contributed by atoms with van der Waals surface area (Å²) in [6, 6.07) is 11.4. The highest BCUT2D eigenvalue weighted by molar-refractivity contribution is 7.12. The summed E-state index contributed by atoms with van der Waals surface area (Å²) in [5.74, 6) is -0.413. The number of rotatable bonds is 5. The predicted octanol–water partition coefficient (Wildman–Crippen LogP) is 2.10. The van der Waals surface area contributed by atoms with E-state index in [1.807, 2.05) is 36.6 Å². The van der Waals surface area contributed by atoms with E-state index in [1.165, 1.54) is 11.3 Å². The van der Waals surface area contributed by atoms with Crippen LogP contribution in [0.2, 0.25) is 0 Å². The molecule has 2 N–H and O–H groups in total. The maximum atomic E-state index is 11.7. The van der Waals surface area contributed by atoms with Crippen molar-refractivity contribution < 1.29 is 9.59 Å². The molecular weight excluding hydrogens is 272 g/mol. The van der Waals surface area contributed by atoms with Gasteiger partial charge in [-0.15, -0.1) is 11.3 Å². The summed E-state index contributed by atoms with van der Waals surface area (Å²) in [7, 11) is 0. The van der Waals surface area contributed by atoms with Gasteiger partial charge in [-0.3, -0.25) is 9.59 Å². The van der Waals surface area contributed by atoms with Crippen molar-refractivity contribution in [1.29, 1.82) is 0 Å². The van der Waals surface area contributed by atoms with Crippen molar-refractivity contribution in [3.63, 3.8) is 0 Å². The van der Waals surface area contributed by atoms with Crippen LogP contribution in [0.1, 0.15) is 20.8 Å². The van der Waals surface area contributed by atoms with Crippen molar-refractivity contribution in [2.45, 2.75) is 13.5 Å². The Bertz CT molecular complexity index is 594. The number of nitrogens with one attached hydrogen (secondary N) is 2. The lowest BCUT2D eigenvalue weighted by molar-refractivity contribution is -0.120. The van der Waals surface area contributed by atoms with Crippen molar-refractivity contribution in [2.75, 3.05) is 6.54 Å². The Hall–Kier alpha value is -2.14. The van der Waals surface area contributed by atoms with Crippen LogP contribution in [-0.4, -0.2) is 18.4 Å². The average Bonchev–Trinajstić information content (AvgIpc) is 2.98. The van der Waals surface area contributed by atoms with Gasteiger partial charge >= 0.3 is 0 Å². The maximum absolute atomic E-state index is 11.7. The smallest absolute Gasteiger partial charge is 0.261 e. The first-order valence-corrected chi connectivity index (χ1v) is 7.17. The second kappa shape index (κ2) is 6.86. The number of carbonyl (C=O) groups excluding carboxylic acids is 2. The van der Waals surface area contributed by atoms with Crippen LogP contribution in [0.4, 0.5) is 0 Å². The molecule has 20 heavy (non-hydrogen) atoms. The Labute approximate surface area is 121 Å². The van der Waals surface area contributed by atoms with Gasteiger partial charge in [-0.25, -0.2) is 0 Å². The van der Waals surface area contributed by atoms with Crippen molar-refractivity contribution >= 4 is 23.2 Å². The van der Waals surface area contributed by atoms with E-state index in [4.69, 9.17) is 0 Å². The lowest BCUT2D eigenvalue weighted by atomic mass is 10.1. The van der Waals surface area contributed by atoms with Crippen LogP contribution < -0.4 is 10.6 Å². The second-order valence-corrected chi connectivity index (χ2v) is 5.31. The quantitative estimate of drug-likeness (QED) is 0.885. The van der Waals surface area contributed by atoms with Crippen molar-refractivity contribution in [1.82, 2.24) is 10.6 Å². The van der Waals surface area contributed by atoms with E-state index < -0.39 is 0 Å². The highest BCUT2D eigenvalue weighted by Gasteiger charge is 2.08. The lowest BCUT2D eigenvalue weighted by Gasteiger charge is -2.08. The van der Waals surface area contributed by atoms with E-state index in [0.29, 0.717) is 11.4 Å². The van der Waals surface area contributed by atoms with Gasteiger partial charge in [0.25, 0.3) is 5.91 Å². The molecule has 1 aromatic heterocycles. The molecule has 0 aliphatic rings. The van der Waals surface area contributed by atoms with E-state index in [2.05, 4.69) is 10.6 Å². The van der Waals surface area contributed by atoms with Crippen LogP contribution in [0.5, 0.6) is 0 Å². The number of hydrogen-bond acceptors (Lipinski definition) is 3. The van der Waals surface area contributed by atoms with Crippen LogP contribution >= 0.6 is 11.3 Å². The van der Waals surface area contributed by atoms with Gasteiger partial charge in [0.2, 0.25) is 5.91 Å². The molecule has 0 aliphatic heterocycles. The van der Waals surface area contributed by atoms with E-state index in [1.54, 1.807) is 12.1 Å². The molecule has 0 saturated carbocycles. The third-order valence-electron chi connectivity index (χ3n) is 2.89. The molecule has 0 atom stereocenters. The molecule has 0 fully saturated rings. The summed E-state index contributed by atoms with van der Waals surface area (Å²) in [4.78, 5) is 23.9. The zero-order valence-electron chi connectivity index (χ0n) is 11.2. The SMILES string of the molecule is Cc1ccccc1CNC(=O)CNC(=O)c1cccs1. The minimum atomic E-state index is -0.217. The Balaban J connectivity index is 1.76. The summed E-state index contributed by atoms with van der Waals surface area (Å²) in [5, 5.41) is 7.21. The molecule has 0 saturated heterocycles. The molecule has 0 radical (unpaired) electrons. The van der Waals surface area contributed by atoms with Crippen LogP contribution in [0.3, 0.4) is 0 Å². The van der Waals surface area contributed by atoms with Crippen molar-refractivity contribution in [2.24, 2.45) is 0 Å². The molecule has 2 amide bonds. The minimum absolute atomic E-state index is 0.0113. The zero-order valence-corrected chi connectivity index (χ0v) is 12.0. The maximum Gasteiger partial charge on any atom is 0.261 e. The van der Waals surface area contributed by atoms with Crippen LogP contribution in [0.15, 0.2) is 41.8 Å². The van der Waals surface area contributed by atoms with Crippen molar-refractivity contribution in [3.05, 3.63) is 57.8 Å². The predicted molar refractivity (Wildman–Crippen MR) is 79.7 cm³/mol. The van der Waals surface area contributed by atoms with Gasteiger partial charge in [0.15, 0.2) is 0 Å². The summed E-state index contributed by atoms with van der Waals surface area (Å²) < 4.78 is 0. The molecular formula is C15H16N2O2S. The fraction of sp³-hybridized carbons (Fsp3) is 0.200. The molecule has 0 bridgehead atoms. The fourth-order valence-corrected chi connectivity index (χ4v) is 2.36. The molecule has 1 aromatic carbocycles. The minimum Gasteiger partial charge on any atom is -0.350 e. The summed E-state index contributed by atoms with van der Waals surface area (Å²) >= 11 is 1.35. The molecule has 104 valence electrons. The van der Waals surface area contributed by atoms with Gasteiger partial charge in [-0.2, -0.15) is 0 Å². The molecule has 2 rings (SSSR count). The number of carbonyl (C=O) groups is 2. The Morgan fingerprint density at radius 3 is 2.60 bits per heavy atom. The molecule has 4 nitrogen and oxygen atoms in total. The number of amides is 2. The van der Waals surface area contributed by atoms with E-state index in [9.17, 15) is 9.59 Å². The highest BCUT2D eigenvalue weighted by Crippen LogP contribution is 2.07. The number of aryl methyl sites for hydroxylation is 1. The van der Waals surface area contributed by atoms with Gasteiger partial charge in [0.1, 0.15) is 0 Å². The van der Waals surface area contributed by atoms with Crippen LogP contribution in [-0.2, 0) is 11.3 Å². The van der Waals surface area contributed by atoms with E-state index in [-0.39, 0.29) is 18.4 Å². The molecule has 0 spiro atoms. The Kier molecular flexibility index (Phi) is 4.90. The molecule has 1 heterocycles. The van der Waals surface area contributed by atoms with Gasteiger partial charge < -0.3 is 10.6 Å². The third kappa shape index (κ3) is 3.93. The monoisotopic (exact) mass is 288 g/mol. The van der Waals surface area contributed by atoms with E-state index >= 15 is 0 Å². The molecule has 5 heteroatoms. The Morgan fingerprint density at radius 1 is 1.10 bits per heavy atom. The topological polar surface area (TPSA) is 58.2 Å². The zero-order chi connectivity index (χ0) is 14.4. The van der Waals surface area contributed by atoms with Crippen LogP contribution in [0.25, 0.3) is 0 Å². The van der Waals surface area contributed by atoms with E-state index in [0.717, 1.165) is 11.1 Å². The second-order valence-electron chi connectivity index (χ2n) is 4.36. The van der Waals surface area contributed by atoms with Crippen LogP contribution in [0, 0.1) is 6.92 Å². The van der Waals surface area contributed by atoms with Gasteiger partial charge in [-0.05, 0) is 29.5 Å². The molecule has 2 aromatic rings. The van der Waals surface area contributed by atoms with Gasteiger partial charge in [0, 0.05) is 6.54 Å². The summed E-state index contributed by atoms with van der Waals surface area (Å²) in [6.45, 7) is 2.46. The first kappa shape index (κ1) is 14.3. The standard InChI is InChI=1S/C15H16N2O2S/c1-11-5-2-3-6-12(11)9-16-14(18)10-17-15(19)13-7-4-8-20-13/h2-8H,9-10H2,1H3,(H,16,18)(H,17,19). The molecule has 0 unspecified atom stereocenters. The van der Waals surface area contributed by atoms with Crippen molar-refractivity contribution in [3.8, 4) is 0 Å². The number of hydrogen-bond donors (Lipinski definition) is 2. The lowest BCUT2D eigenvalue weighted by Crippen LogP contribution is -2.36. The van der Waals surface area contributed by atoms with Gasteiger partial charge in [0.05, 0.1) is 11.4 Å². The summed E-state index contributed by atoms with van der Waals surface area (Å²) in [6.07, 6.45) is 0. The Morgan fingerprint density at radius 2 is 1.90 bits per heavy atom. The summed E-state index contributed by atoms with van der Waals surface area (Å²) in [5.41, 5.74) is 2.21. The highest BCUT2D eigenvalue weighted by atomic mass is 32.1. The fourth-order valence-electron chi connectivity index (χ4n) is 1.72. The van der Waals surface area contributed by atoms with Gasteiger partial charge in [-0.1, -0.05) is 30.3 Å². The number of thiophene rings is 1.